The molecule has 4 bridgehead atoms. The molecule has 0 spiro atoms. The SMILES string of the molecule is CC1=CC2Oc3c4ccc(c3C2C=C1C)CCc1ccc(cc1)CC4. The van der Waals surface area contributed by atoms with Crippen LogP contribution < -0.4 is 4.74 Å². The van der Waals surface area contributed by atoms with Crippen LogP contribution >= 0.6 is 0 Å². The summed E-state index contributed by atoms with van der Waals surface area (Å²) in [4.78, 5) is 0. The number of rotatable bonds is 0. The highest BCUT2D eigenvalue weighted by atomic mass is 16.5. The van der Waals surface area contributed by atoms with Crippen LogP contribution in [0.1, 0.15) is 47.6 Å². The summed E-state index contributed by atoms with van der Waals surface area (Å²) >= 11 is 0. The maximum atomic E-state index is 6.50. The number of hydrogen-bond donors (Lipinski definition) is 0. The first-order chi connectivity index (χ1) is 12.2. The van der Waals surface area contributed by atoms with Crippen molar-refractivity contribution in [3.8, 4) is 5.75 Å². The number of allylic oxidation sites excluding steroid dienone is 2. The van der Waals surface area contributed by atoms with Crippen LogP contribution in [0.15, 0.2) is 59.7 Å². The Labute approximate surface area is 150 Å². The molecule has 2 unspecified atom stereocenters. The molecule has 1 heterocycles. The lowest BCUT2D eigenvalue weighted by molar-refractivity contribution is 0.265. The summed E-state index contributed by atoms with van der Waals surface area (Å²) in [6.45, 7) is 4.42. The van der Waals surface area contributed by atoms with E-state index in [1.165, 1.54) is 44.7 Å². The van der Waals surface area contributed by atoms with Crippen molar-refractivity contribution < 1.29 is 4.74 Å². The van der Waals surface area contributed by atoms with Crippen molar-refractivity contribution >= 4 is 0 Å². The summed E-state index contributed by atoms with van der Waals surface area (Å²) in [5.41, 5.74) is 9.90. The molecule has 5 aliphatic carbocycles. The molecule has 1 nitrogen and oxygen atoms in total. The molecule has 1 aliphatic heterocycles. The molecular weight excluding hydrogens is 304 g/mol. The summed E-state index contributed by atoms with van der Waals surface area (Å²) in [5.74, 6) is 1.56. The van der Waals surface area contributed by atoms with Crippen LogP contribution in [0.2, 0.25) is 0 Å². The Bertz CT molecular complexity index is 898. The Hall–Kier alpha value is -2.28. The number of aryl methyl sites for hydroxylation is 4. The highest BCUT2D eigenvalue weighted by Gasteiger charge is 2.37. The molecule has 0 aromatic heterocycles. The van der Waals surface area contributed by atoms with Crippen molar-refractivity contribution in [3.05, 3.63) is 87.5 Å². The minimum Gasteiger partial charge on any atom is -0.485 e. The first-order valence-corrected chi connectivity index (χ1v) is 9.45. The maximum Gasteiger partial charge on any atom is 0.128 e. The molecule has 1 heteroatoms. The number of hydrogen-bond acceptors (Lipinski definition) is 1. The summed E-state index contributed by atoms with van der Waals surface area (Å²) in [6.07, 6.45) is 9.24. The lowest BCUT2D eigenvalue weighted by Crippen LogP contribution is -2.19. The summed E-state index contributed by atoms with van der Waals surface area (Å²) < 4.78 is 6.50. The fourth-order valence-corrected chi connectivity index (χ4v) is 4.50. The molecule has 6 aliphatic rings. The highest BCUT2D eigenvalue weighted by molar-refractivity contribution is 5.57. The molecule has 2 aromatic carbocycles. The van der Waals surface area contributed by atoms with Crippen LogP contribution in [0.25, 0.3) is 0 Å². The van der Waals surface area contributed by atoms with Crippen LogP contribution in [0.3, 0.4) is 0 Å². The van der Waals surface area contributed by atoms with Gasteiger partial charge in [0.15, 0.2) is 0 Å². The van der Waals surface area contributed by atoms with E-state index in [4.69, 9.17) is 4.74 Å². The lowest BCUT2D eigenvalue weighted by Gasteiger charge is -2.21. The normalized spacial score (nSPS) is 23.8. The van der Waals surface area contributed by atoms with Crippen LogP contribution in [0.4, 0.5) is 0 Å². The smallest absolute Gasteiger partial charge is 0.128 e. The molecule has 0 N–H and O–H groups in total. The highest BCUT2D eigenvalue weighted by Crippen LogP contribution is 2.47. The van der Waals surface area contributed by atoms with E-state index in [1.807, 2.05) is 0 Å². The average molecular weight is 328 g/mol. The quantitative estimate of drug-likeness (QED) is 0.636. The van der Waals surface area contributed by atoms with Gasteiger partial charge in [-0.1, -0.05) is 48.0 Å². The molecule has 25 heavy (non-hydrogen) atoms. The number of fused-ring (bicyclic) bond motifs is 1. The predicted molar refractivity (Wildman–Crippen MR) is 102 cm³/mol. The van der Waals surface area contributed by atoms with Crippen molar-refractivity contribution in [3.63, 3.8) is 0 Å². The van der Waals surface area contributed by atoms with Gasteiger partial charge in [0.25, 0.3) is 0 Å². The molecule has 0 radical (unpaired) electrons. The largest absolute Gasteiger partial charge is 0.485 e. The molecule has 0 saturated heterocycles. The minimum absolute atomic E-state index is 0.178. The van der Waals surface area contributed by atoms with Gasteiger partial charge in [-0.05, 0) is 73.4 Å². The second-order valence-corrected chi connectivity index (χ2v) is 7.75. The number of ether oxygens (including phenoxy) is 1. The van der Waals surface area contributed by atoms with Crippen LogP contribution in [-0.4, -0.2) is 6.10 Å². The van der Waals surface area contributed by atoms with E-state index in [9.17, 15) is 0 Å². The van der Waals surface area contributed by atoms with E-state index in [0.29, 0.717) is 5.92 Å². The van der Waals surface area contributed by atoms with E-state index < -0.39 is 0 Å². The summed E-state index contributed by atoms with van der Waals surface area (Å²) in [6, 6.07) is 13.9. The van der Waals surface area contributed by atoms with Crippen LogP contribution in [0.5, 0.6) is 5.75 Å². The zero-order valence-corrected chi connectivity index (χ0v) is 15.0. The molecule has 0 fully saturated rings. The van der Waals surface area contributed by atoms with E-state index in [0.717, 1.165) is 25.7 Å². The molecule has 0 amide bonds. The second-order valence-electron chi connectivity index (χ2n) is 7.75. The van der Waals surface area contributed by atoms with Gasteiger partial charge in [-0.2, -0.15) is 0 Å². The second kappa shape index (κ2) is 5.62. The van der Waals surface area contributed by atoms with Gasteiger partial charge >= 0.3 is 0 Å². The molecule has 126 valence electrons. The van der Waals surface area contributed by atoms with E-state index in [2.05, 4.69) is 62.4 Å². The molecule has 8 rings (SSSR count). The van der Waals surface area contributed by atoms with Gasteiger partial charge in [-0.15, -0.1) is 0 Å². The summed E-state index contributed by atoms with van der Waals surface area (Å²) in [7, 11) is 0. The Morgan fingerprint density at radius 1 is 0.720 bits per heavy atom. The molecular formula is C24H24O. The average Bonchev–Trinajstić information content (AvgIpc) is 2.96. The first-order valence-electron chi connectivity index (χ1n) is 9.45. The minimum atomic E-state index is 0.178. The van der Waals surface area contributed by atoms with E-state index in [1.54, 1.807) is 0 Å². The van der Waals surface area contributed by atoms with Gasteiger partial charge in [0.1, 0.15) is 11.9 Å². The van der Waals surface area contributed by atoms with Crippen molar-refractivity contribution in [2.45, 2.75) is 51.6 Å². The monoisotopic (exact) mass is 328 g/mol. The van der Waals surface area contributed by atoms with Crippen molar-refractivity contribution in [2.24, 2.45) is 0 Å². The topological polar surface area (TPSA) is 9.23 Å². The third-order valence-corrected chi connectivity index (χ3v) is 6.16. The fourth-order valence-electron chi connectivity index (χ4n) is 4.50. The standard InChI is InChI=1S/C24H24O/c1-15-13-21-22(14-16(15)2)25-24-20-10-8-18-5-3-17(4-6-18)7-9-19(11-12-20)23(21)24/h3-6,11-14,21-22H,7-10H2,1-2H3. The Kier molecular flexibility index (Phi) is 3.38. The van der Waals surface area contributed by atoms with Crippen molar-refractivity contribution in [1.82, 2.24) is 0 Å². The van der Waals surface area contributed by atoms with Gasteiger partial charge in [0.2, 0.25) is 0 Å². The molecule has 2 aromatic rings. The van der Waals surface area contributed by atoms with Crippen LogP contribution in [-0.2, 0) is 25.7 Å². The third kappa shape index (κ3) is 2.45. The van der Waals surface area contributed by atoms with E-state index >= 15 is 0 Å². The van der Waals surface area contributed by atoms with Gasteiger partial charge < -0.3 is 4.74 Å². The van der Waals surface area contributed by atoms with Crippen LogP contribution in [0, 0.1) is 0 Å². The molecule has 2 atom stereocenters. The maximum absolute atomic E-state index is 6.50. The first kappa shape index (κ1) is 15.0. The summed E-state index contributed by atoms with van der Waals surface area (Å²) in [5, 5.41) is 0. The predicted octanol–water partition coefficient (Wildman–Crippen LogP) is 5.32. The zero-order valence-electron chi connectivity index (χ0n) is 15.0. The van der Waals surface area contributed by atoms with Gasteiger partial charge in [0.05, 0.1) is 0 Å². The third-order valence-electron chi connectivity index (χ3n) is 6.16. The van der Waals surface area contributed by atoms with Gasteiger partial charge in [-0.25, -0.2) is 0 Å². The lowest BCUT2D eigenvalue weighted by atomic mass is 9.82. The van der Waals surface area contributed by atoms with Crippen molar-refractivity contribution in [2.75, 3.05) is 0 Å². The van der Waals surface area contributed by atoms with Crippen molar-refractivity contribution in [1.29, 1.82) is 0 Å². The zero-order chi connectivity index (χ0) is 17.0. The number of benzene rings is 2. The van der Waals surface area contributed by atoms with Gasteiger partial charge in [0, 0.05) is 11.5 Å². The Morgan fingerprint density at radius 2 is 1.32 bits per heavy atom. The fraction of sp³-hybridized carbons (Fsp3) is 0.333. The Balaban J connectivity index is 1.63. The Morgan fingerprint density at radius 3 is 2.04 bits per heavy atom. The van der Waals surface area contributed by atoms with Gasteiger partial charge in [-0.3, -0.25) is 0 Å². The van der Waals surface area contributed by atoms with E-state index in [-0.39, 0.29) is 6.10 Å². The molecule has 0 saturated carbocycles.